The van der Waals surface area contributed by atoms with E-state index in [1.54, 1.807) is 18.3 Å². The molecule has 0 fully saturated rings. The van der Waals surface area contributed by atoms with E-state index in [0.29, 0.717) is 23.0 Å². The summed E-state index contributed by atoms with van der Waals surface area (Å²) in [5, 5.41) is 12.1. The number of benzene rings is 19. The molecule has 6 nitrogen and oxygen atoms in total. The molecule has 0 saturated heterocycles. The minimum atomic E-state index is -0.503. The maximum atomic E-state index is 11.1. The molecule has 1 N–H and O–H groups in total. The normalized spacial score (nSPS) is 13.1. The van der Waals surface area contributed by atoms with Crippen LogP contribution in [0.3, 0.4) is 0 Å². The Morgan fingerprint density at radius 3 is 0.917 bits per heavy atom. The second kappa shape index (κ2) is 32.8. The van der Waals surface area contributed by atoms with Crippen molar-refractivity contribution < 1.29 is 29.0 Å². The van der Waals surface area contributed by atoms with Gasteiger partial charge in [0.25, 0.3) is 0 Å². The van der Waals surface area contributed by atoms with E-state index < -0.39 is 10.8 Å². The molecular weight excluding hydrogens is 1590 g/mol. The van der Waals surface area contributed by atoms with Crippen LogP contribution in [0.5, 0.6) is 5.75 Å². The van der Waals surface area contributed by atoms with E-state index in [1.807, 2.05) is 18.2 Å². The van der Waals surface area contributed by atoms with Crippen LogP contribution in [0.1, 0.15) is 69.5 Å². The molecule has 2 spiro atoms. The molecule has 0 aliphatic heterocycles. The molecule has 0 radical (unpaired) electrons. The zero-order valence-electron chi connectivity index (χ0n) is 73.2. The van der Waals surface area contributed by atoms with Gasteiger partial charge in [0, 0.05) is 50.5 Å². The van der Waals surface area contributed by atoms with Gasteiger partial charge in [0.05, 0.1) is 16.5 Å². The summed E-state index contributed by atoms with van der Waals surface area (Å²) in [7, 11) is 0. The monoisotopic (exact) mass is 1680 g/mol. The number of nitrogens with one attached hydrogen (secondary N) is 1. The summed E-state index contributed by atoms with van der Waals surface area (Å²) in [5.74, 6) is 1.88. The zero-order chi connectivity index (χ0) is 87.3. The molecule has 19 aromatic carbocycles. The number of aromatic nitrogens is 4. The number of aromatic amines is 1. The number of hydrogen-bond acceptors (Lipinski definition) is 5. The molecule has 132 heavy (non-hydrogen) atoms. The smallest absolute Gasteiger partial charge is 0.868 e. The Kier molecular flexibility index (Phi) is 20.0. The fourth-order valence-corrected chi connectivity index (χ4v) is 21.8. The summed E-state index contributed by atoms with van der Waals surface area (Å²) < 4.78 is 0. The molecule has 7 heteroatoms. The number of fused-ring (bicyclic) bond motifs is 24. The number of anilines is 3. The van der Waals surface area contributed by atoms with Crippen molar-refractivity contribution in [3.8, 4) is 151 Å². The molecule has 2 aromatic heterocycles. The predicted octanol–water partition coefficient (Wildman–Crippen LogP) is 27.1. The average Bonchev–Trinajstić information content (AvgIpc) is 1.51. The number of nitrogens with zero attached hydrogens (tertiary/aromatic N) is 4. The van der Waals surface area contributed by atoms with Gasteiger partial charge in [0.1, 0.15) is 0 Å². The molecular formula is C125H85LiN5O+. The van der Waals surface area contributed by atoms with Crippen molar-refractivity contribution in [2.75, 3.05) is 4.90 Å². The van der Waals surface area contributed by atoms with Gasteiger partial charge in [-0.25, -0.2) is 19.9 Å². The van der Waals surface area contributed by atoms with Crippen LogP contribution in [-0.2, 0) is 16.2 Å². The third kappa shape index (κ3) is 13.2. The first-order chi connectivity index (χ1) is 64.6. The van der Waals surface area contributed by atoms with Crippen molar-refractivity contribution in [3.63, 3.8) is 0 Å². The molecule has 26 rings (SSSR count). The molecule has 5 aliphatic rings. The molecule has 21 aromatic rings. The first-order valence-corrected chi connectivity index (χ1v) is 45.1. The Morgan fingerprint density at radius 1 is 0.220 bits per heavy atom. The summed E-state index contributed by atoms with van der Waals surface area (Å²) in [6.07, 6.45) is 1.75. The summed E-state index contributed by atoms with van der Waals surface area (Å²) in [4.78, 5) is 21.8. The molecule has 2 heterocycles. The maximum absolute atomic E-state index is 11.1. The van der Waals surface area contributed by atoms with Crippen molar-refractivity contribution in [1.82, 2.24) is 15.0 Å². The molecule has 0 bridgehead atoms. The average molecular weight is 1680 g/mol. The molecule has 0 atom stereocenters. The van der Waals surface area contributed by atoms with E-state index >= 15 is 0 Å². The molecule has 0 unspecified atom stereocenters. The van der Waals surface area contributed by atoms with Gasteiger partial charge in [-0.05, 0) is 252 Å². The van der Waals surface area contributed by atoms with Gasteiger partial charge in [0.15, 0.2) is 23.7 Å². The van der Waals surface area contributed by atoms with Crippen molar-refractivity contribution in [2.45, 2.75) is 30.1 Å². The fourth-order valence-electron chi connectivity index (χ4n) is 21.8. The number of pyridine rings is 1. The standard InChI is InChI=1S/C64H41N3.C52H37N.C9H7NO.Li/c1-5-19-42(20-6-1)47-35-48(43-21-7-2-8-22-43)38-51(37-47)62-65-61(66-63(67-62)52-39-49(44-23-9-3-10-24-44)36-50(40-52)45-25-11-4-12-26-45)46-33-34-56-55-29-15-18-32-59(55)64(60(56)41-46)57-30-16-13-27-53(57)54-28-14-17-31-58(54)64;1-51(2)44-23-11-6-19-38(44)42-30-28-35(32-48(42)51)53(50-27-15-10-18-37(50)34-16-4-3-5-17-34)36-29-31-43-41-22-9-14-26-47(41)52(49(43)33-36)45-24-12-7-20-39(45)40-21-8-13-25-46(40)52;11-8-5-1-3-7-4-2-6-10-9(7)8;/h1-41H;3-33H,1-2H3;1-6,11H;/q;;;+1. The van der Waals surface area contributed by atoms with E-state index in [1.165, 1.54) is 122 Å². The zero-order valence-corrected chi connectivity index (χ0v) is 73.2. The SMILES string of the molecule is CC1(C)c2ccccc2-c2ccc(N(c3ccc4c(c3)C3(c5ccccc5-c5ccccc53)c3ccccc3-4)c3ccccc3-c3ccccc3)cc21.[Li+].[O-]c1cccc2ccc[nH+]c12.c1ccc(-c2cc(-c3ccccc3)cc(-c3nc(-c4cc(-c5ccccc5)cc(-c5ccccc5)c4)nc(-c4ccc5c(c4)C4(c6ccccc6-c6ccccc64)c4ccccc4-5)n3)c2)cc1. The van der Waals surface area contributed by atoms with Crippen molar-refractivity contribution >= 4 is 28.0 Å². The van der Waals surface area contributed by atoms with E-state index in [9.17, 15) is 5.11 Å². The topological polar surface area (TPSA) is 79.1 Å². The Balaban J connectivity index is 0.000000136. The van der Waals surface area contributed by atoms with Crippen molar-refractivity contribution in [1.29, 1.82) is 0 Å². The van der Waals surface area contributed by atoms with E-state index in [2.05, 4.69) is 461 Å². The third-order valence-electron chi connectivity index (χ3n) is 27.7. The first-order valence-electron chi connectivity index (χ1n) is 45.1. The second-order valence-corrected chi connectivity index (χ2v) is 35.1. The second-order valence-electron chi connectivity index (χ2n) is 35.1. The van der Waals surface area contributed by atoms with Crippen LogP contribution in [-0.4, -0.2) is 15.0 Å². The fraction of sp³-hybridized carbons (Fsp3) is 0.0400. The summed E-state index contributed by atoms with van der Waals surface area (Å²) in [6, 6.07) is 169. The summed E-state index contributed by atoms with van der Waals surface area (Å²) in [6.45, 7) is 4.74. The third-order valence-corrected chi connectivity index (χ3v) is 27.7. The van der Waals surface area contributed by atoms with Gasteiger partial charge in [-0.1, -0.05) is 390 Å². The Bertz CT molecular complexity index is 7700. The largest absolute Gasteiger partial charge is 1.00 e. The number of hydrogen-bond donors (Lipinski definition) is 0. The van der Waals surface area contributed by atoms with Gasteiger partial charge in [-0.3, -0.25) is 0 Å². The van der Waals surface area contributed by atoms with Gasteiger partial charge in [0.2, 0.25) is 5.52 Å². The molecule has 5 aliphatic carbocycles. The predicted molar refractivity (Wildman–Crippen MR) is 535 cm³/mol. The van der Waals surface area contributed by atoms with E-state index in [0.717, 1.165) is 83.6 Å². The Labute approximate surface area is 781 Å². The summed E-state index contributed by atoms with van der Waals surface area (Å²) >= 11 is 0. The van der Waals surface area contributed by atoms with Crippen molar-refractivity contribution in [2.24, 2.45) is 0 Å². The van der Waals surface area contributed by atoms with Crippen LogP contribution in [0.2, 0.25) is 0 Å². The van der Waals surface area contributed by atoms with Crippen LogP contribution in [0.4, 0.5) is 17.1 Å². The van der Waals surface area contributed by atoms with Gasteiger partial charge >= 0.3 is 18.9 Å². The van der Waals surface area contributed by atoms with Crippen LogP contribution >= 0.6 is 0 Å². The van der Waals surface area contributed by atoms with Gasteiger partial charge in [-0.15, -0.1) is 0 Å². The van der Waals surface area contributed by atoms with Crippen LogP contribution < -0.4 is 33.9 Å². The van der Waals surface area contributed by atoms with Crippen LogP contribution in [0, 0.1) is 0 Å². The quantitative estimate of drug-likeness (QED) is 0.121. The van der Waals surface area contributed by atoms with Crippen molar-refractivity contribution in [3.05, 3.63) is 529 Å². The number of rotatable bonds is 11. The van der Waals surface area contributed by atoms with Crippen LogP contribution in [0.15, 0.2) is 473 Å². The van der Waals surface area contributed by atoms with Gasteiger partial charge < -0.3 is 10.0 Å². The van der Waals surface area contributed by atoms with E-state index in [-0.39, 0.29) is 30.0 Å². The number of H-pyrrole nitrogens is 1. The maximum Gasteiger partial charge on any atom is 1.00 e. The Morgan fingerprint density at radius 2 is 0.515 bits per heavy atom. The van der Waals surface area contributed by atoms with E-state index in [4.69, 9.17) is 15.0 Å². The number of para-hydroxylation sites is 2. The molecule has 0 saturated carbocycles. The summed E-state index contributed by atoms with van der Waals surface area (Å²) in [5.41, 5.74) is 43.4. The first kappa shape index (κ1) is 80.4. The minimum Gasteiger partial charge on any atom is -0.868 e. The minimum absolute atomic E-state index is 0. The van der Waals surface area contributed by atoms with Gasteiger partial charge in [-0.2, -0.15) is 0 Å². The molecule has 616 valence electrons. The van der Waals surface area contributed by atoms with Crippen LogP contribution in [0.25, 0.3) is 156 Å². The molecule has 0 amide bonds. The Hall–Kier alpha value is -16.2.